The number of nitrogens with one attached hydrogen (secondary N) is 1. The molecule has 4 heteroatoms. The van der Waals surface area contributed by atoms with Gasteiger partial charge in [-0.2, -0.15) is 0 Å². The number of hydrogen-bond acceptors (Lipinski definition) is 3. The number of amides is 2. The van der Waals surface area contributed by atoms with Crippen molar-refractivity contribution < 1.29 is 9.59 Å². The number of imide groups is 1. The summed E-state index contributed by atoms with van der Waals surface area (Å²) in [6.45, 7) is 4.51. The van der Waals surface area contributed by atoms with Gasteiger partial charge in [-0.05, 0) is 37.5 Å². The predicted octanol–water partition coefficient (Wildman–Crippen LogP) is 1.30. The Morgan fingerprint density at radius 2 is 1.83 bits per heavy atom. The quantitative estimate of drug-likeness (QED) is 0.768. The number of nitrogens with zero attached hydrogens (tertiary/aromatic N) is 1. The molecular weight excluding hydrogens is 228 g/mol. The summed E-state index contributed by atoms with van der Waals surface area (Å²) in [5.74, 6) is 1.37. The summed E-state index contributed by atoms with van der Waals surface area (Å²) in [5.41, 5.74) is 0. The molecule has 100 valence electrons. The standard InChI is InChI=1S/C14H22N2O2/c1-8-3-6-11(9(8)2)15-12-7-13(17)16(14(12)18)10-4-5-10/h8-12,15H,3-7H2,1-2H3. The van der Waals surface area contributed by atoms with Crippen LogP contribution in [0.3, 0.4) is 0 Å². The van der Waals surface area contributed by atoms with Crippen LogP contribution < -0.4 is 5.32 Å². The van der Waals surface area contributed by atoms with Crippen molar-refractivity contribution in [3.05, 3.63) is 0 Å². The number of carbonyl (C=O) groups excluding carboxylic acids is 2. The summed E-state index contributed by atoms with van der Waals surface area (Å²) in [7, 11) is 0. The van der Waals surface area contributed by atoms with E-state index in [-0.39, 0.29) is 23.9 Å². The molecule has 0 radical (unpaired) electrons. The van der Waals surface area contributed by atoms with Crippen LogP contribution >= 0.6 is 0 Å². The molecule has 2 aliphatic carbocycles. The van der Waals surface area contributed by atoms with Crippen molar-refractivity contribution in [1.29, 1.82) is 0 Å². The molecular formula is C14H22N2O2. The molecule has 1 saturated heterocycles. The average molecular weight is 250 g/mol. The van der Waals surface area contributed by atoms with Crippen molar-refractivity contribution in [1.82, 2.24) is 10.2 Å². The Labute approximate surface area is 108 Å². The molecule has 0 aromatic rings. The first-order valence-corrected chi connectivity index (χ1v) is 7.20. The molecule has 1 aliphatic heterocycles. The highest BCUT2D eigenvalue weighted by molar-refractivity contribution is 6.06. The Morgan fingerprint density at radius 3 is 2.39 bits per heavy atom. The summed E-state index contributed by atoms with van der Waals surface area (Å²) in [6, 6.07) is 0.369. The minimum absolute atomic E-state index is 0.0225. The Kier molecular flexibility index (Phi) is 2.93. The van der Waals surface area contributed by atoms with Gasteiger partial charge in [-0.25, -0.2) is 0 Å². The Bertz CT molecular complexity index is 378. The van der Waals surface area contributed by atoms with Crippen molar-refractivity contribution in [3.8, 4) is 0 Å². The van der Waals surface area contributed by atoms with Crippen LogP contribution in [0.4, 0.5) is 0 Å². The highest BCUT2D eigenvalue weighted by Gasteiger charge is 2.47. The second-order valence-electron chi connectivity index (χ2n) is 6.28. The first kappa shape index (κ1) is 12.2. The zero-order chi connectivity index (χ0) is 12.9. The molecule has 3 rings (SSSR count). The minimum Gasteiger partial charge on any atom is -0.302 e. The van der Waals surface area contributed by atoms with Crippen LogP contribution in [-0.2, 0) is 9.59 Å². The van der Waals surface area contributed by atoms with E-state index in [0.717, 1.165) is 19.3 Å². The van der Waals surface area contributed by atoms with Crippen LogP contribution in [0.5, 0.6) is 0 Å². The molecule has 0 aromatic carbocycles. The maximum Gasteiger partial charge on any atom is 0.247 e. The SMILES string of the molecule is CC1CCC(NC2CC(=O)N(C3CC3)C2=O)C1C. The van der Waals surface area contributed by atoms with Gasteiger partial charge in [-0.3, -0.25) is 14.5 Å². The molecule has 3 aliphatic rings. The zero-order valence-corrected chi connectivity index (χ0v) is 11.2. The molecule has 4 nitrogen and oxygen atoms in total. The fraction of sp³-hybridized carbons (Fsp3) is 0.857. The summed E-state index contributed by atoms with van der Waals surface area (Å²) in [6.07, 6.45) is 4.72. The number of carbonyl (C=O) groups is 2. The minimum atomic E-state index is -0.254. The van der Waals surface area contributed by atoms with Gasteiger partial charge in [0, 0.05) is 12.1 Å². The third-order valence-electron chi connectivity index (χ3n) is 4.98. The van der Waals surface area contributed by atoms with E-state index in [1.54, 1.807) is 0 Å². The van der Waals surface area contributed by atoms with Crippen molar-refractivity contribution >= 4 is 11.8 Å². The van der Waals surface area contributed by atoms with Crippen LogP contribution in [0.25, 0.3) is 0 Å². The van der Waals surface area contributed by atoms with Crippen molar-refractivity contribution in [3.63, 3.8) is 0 Å². The zero-order valence-electron chi connectivity index (χ0n) is 11.2. The van der Waals surface area contributed by atoms with Crippen LogP contribution in [0.1, 0.15) is 46.0 Å². The second kappa shape index (κ2) is 4.34. The lowest BCUT2D eigenvalue weighted by molar-refractivity contribution is -0.139. The molecule has 0 bridgehead atoms. The van der Waals surface area contributed by atoms with Gasteiger partial charge in [0.1, 0.15) is 0 Å². The van der Waals surface area contributed by atoms with Gasteiger partial charge in [-0.15, -0.1) is 0 Å². The van der Waals surface area contributed by atoms with Gasteiger partial charge < -0.3 is 5.32 Å². The van der Waals surface area contributed by atoms with Crippen molar-refractivity contribution in [2.75, 3.05) is 0 Å². The first-order chi connectivity index (χ1) is 8.58. The lowest BCUT2D eigenvalue weighted by Gasteiger charge is -2.23. The molecule has 3 fully saturated rings. The summed E-state index contributed by atoms with van der Waals surface area (Å²) in [4.78, 5) is 25.6. The van der Waals surface area contributed by atoms with Gasteiger partial charge >= 0.3 is 0 Å². The number of rotatable bonds is 3. The lowest BCUT2D eigenvalue weighted by atomic mass is 9.97. The van der Waals surface area contributed by atoms with E-state index in [4.69, 9.17) is 0 Å². The average Bonchev–Trinajstić information content (AvgIpc) is 3.06. The van der Waals surface area contributed by atoms with Gasteiger partial charge in [0.2, 0.25) is 11.8 Å². The summed E-state index contributed by atoms with van der Waals surface area (Å²) < 4.78 is 0. The van der Waals surface area contributed by atoms with E-state index >= 15 is 0 Å². The van der Waals surface area contributed by atoms with Crippen LogP contribution in [0, 0.1) is 11.8 Å². The third-order valence-corrected chi connectivity index (χ3v) is 4.98. The first-order valence-electron chi connectivity index (χ1n) is 7.20. The van der Waals surface area contributed by atoms with E-state index in [1.807, 2.05) is 0 Å². The normalized spacial score (nSPS) is 40.9. The van der Waals surface area contributed by atoms with Gasteiger partial charge in [0.05, 0.1) is 12.5 Å². The van der Waals surface area contributed by atoms with Crippen LogP contribution in [0.2, 0.25) is 0 Å². The fourth-order valence-corrected chi connectivity index (χ4v) is 3.36. The van der Waals surface area contributed by atoms with E-state index < -0.39 is 0 Å². The van der Waals surface area contributed by atoms with Gasteiger partial charge in [-0.1, -0.05) is 13.8 Å². The Balaban J connectivity index is 1.64. The lowest BCUT2D eigenvalue weighted by Crippen LogP contribution is -2.45. The maximum absolute atomic E-state index is 12.2. The van der Waals surface area contributed by atoms with E-state index in [2.05, 4.69) is 19.2 Å². The predicted molar refractivity (Wildman–Crippen MR) is 67.8 cm³/mol. The monoisotopic (exact) mass is 250 g/mol. The largest absolute Gasteiger partial charge is 0.302 e. The molecule has 1 heterocycles. The fourth-order valence-electron chi connectivity index (χ4n) is 3.36. The van der Waals surface area contributed by atoms with E-state index in [0.29, 0.717) is 24.3 Å². The molecule has 0 aromatic heterocycles. The summed E-state index contributed by atoms with van der Waals surface area (Å²) in [5, 5.41) is 3.44. The molecule has 0 spiro atoms. The topological polar surface area (TPSA) is 49.4 Å². The highest BCUT2D eigenvalue weighted by atomic mass is 16.2. The smallest absolute Gasteiger partial charge is 0.247 e. The maximum atomic E-state index is 12.2. The van der Waals surface area contributed by atoms with Crippen molar-refractivity contribution in [2.45, 2.75) is 64.1 Å². The van der Waals surface area contributed by atoms with Gasteiger partial charge in [0.15, 0.2) is 0 Å². The second-order valence-corrected chi connectivity index (χ2v) is 6.28. The molecule has 1 N–H and O–H groups in total. The van der Waals surface area contributed by atoms with Gasteiger partial charge in [0.25, 0.3) is 0 Å². The van der Waals surface area contributed by atoms with E-state index in [9.17, 15) is 9.59 Å². The molecule has 18 heavy (non-hydrogen) atoms. The number of likely N-dealkylation sites (tertiary alicyclic amines) is 1. The molecule has 2 saturated carbocycles. The van der Waals surface area contributed by atoms with Crippen LogP contribution in [0.15, 0.2) is 0 Å². The summed E-state index contributed by atoms with van der Waals surface area (Å²) >= 11 is 0. The molecule has 2 amide bonds. The Hall–Kier alpha value is -0.900. The van der Waals surface area contributed by atoms with E-state index in [1.165, 1.54) is 11.3 Å². The molecule has 4 unspecified atom stereocenters. The Morgan fingerprint density at radius 1 is 1.11 bits per heavy atom. The highest BCUT2D eigenvalue weighted by Crippen LogP contribution is 2.34. The number of hydrogen-bond donors (Lipinski definition) is 1. The molecule has 4 atom stereocenters. The van der Waals surface area contributed by atoms with Crippen molar-refractivity contribution in [2.24, 2.45) is 11.8 Å². The third kappa shape index (κ3) is 1.96. The van der Waals surface area contributed by atoms with Crippen LogP contribution in [-0.4, -0.2) is 34.8 Å².